The van der Waals surface area contributed by atoms with Gasteiger partial charge in [0, 0.05) is 10.9 Å². The van der Waals surface area contributed by atoms with Gasteiger partial charge in [-0.15, -0.1) is 12.4 Å². The number of benzene rings is 2. The van der Waals surface area contributed by atoms with Gasteiger partial charge in [-0.05, 0) is 31.2 Å². The van der Waals surface area contributed by atoms with E-state index < -0.39 is 5.82 Å². The highest BCUT2D eigenvalue weighted by atomic mass is 35.5. The Bertz CT molecular complexity index is 881. The van der Waals surface area contributed by atoms with Crippen LogP contribution in [0.3, 0.4) is 0 Å². The van der Waals surface area contributed by atoms with Gasteiger partial charge in [-0.3, -0.25) is 4.79 Å². The van der Waals surface area contributed by atoms with Crippen LogP contribution in [0.25, 0.3) is 22.0 Å². The van der Waals surface area contributed by atoms with Crippen LogP contribution in [0, 0.1) is 5.82 Å². The molecular formula is C18H18ClFN2O2. The summed E-state index contributed by atoms with van der Waals surface area (Å²) < 4.78 is 19.3. The fourth-order valence-corrected chi connectivity index (χ4v) is 2.49. The predicted octanol–water partition coefficient (Wildman–Crippen LogP) is 3.48. The Kier molecular flexibility index (Phi) is 5.95. The van der Waals surface area contributed by atoms with E-state index >= 15 is 0 Å². The number of fused-ring (bicyclic) bond motifs is 1. The highest BCUT2D eigenvalue weighted by molar-refractivity contribution is 5.92. The van der Waals surface area contributed by atoms with Crippen molar-refractivity contribution < 1.29 is 9.13 Å². The minimum atomic E-state index is -0.455. The number of pyridine rings is 1. The summed E-state index contributed by atoms with van der Waals surface area (Å²) in [5, 5.41) is 0.860. The first-order valence-electron chi connectivity index (χ1n) is 7.44. The van der Waals surface area contributed by atoms with Crippen LogP contribution < -0.4 is 16.0 Å². The van der Waals surface area contributed by atoms with Gasteiger partial charge >= 0.3 is 0 Å². The third kappa shape index (κ3) is 3.58. The highest BCUT2D eigenvalue weighted by Gasteiger charge is 2.15. The summed E-state index contributed by atoms with van der Waals surface area (Å²) in [6.07, 6.45) is 0.691. The lowest BCUT2D eigenvalue weighted by atomic mass is 10.1. The molecule has 0 aliphatic rings. The van der Waals surface area contributed by atoms with Crippen LogP contribution >= 0.6 is 12.4 Å². The van der Waals surface area contributed by atoms with Gasteiger partial charge in [0.25, 0.3) is 5.56 Å². The summed E-state index contributed by atoms with van der Waals surface area (Å²) in [4.78, 5) is 15.1. The molecule has 3 N–H and O–H groups in total. The van der Waals surface area contributed by atoms with E-state index in [-0.39, 0.29) is 23.4 Å². The normalized spacial score (nSPS) is 10.4. The molecule has 0 aliphatic heterocycles. The third-order valence-electron chi connectivity index (χ3n) is 3.59. The van der Waals surface area contributed by atoms with Crippen LogP contribution in [0.2, 0.25) is 0 Å². The zero-order valence-electron chi connectivity index (χ0n) is 12.9. The number of rotatable bonds is 5. The quantitative estimate of drug-likeness (QED) is 0.693. The van der Waals surface area contributed by atoms with Crippen molar-refractivity contribution >= 4 is 23.2 Å². The molecule has 0 bridgehead atoms. The van der Waals surface area contributed by atoms with Crippen molar-refractivity contribution in [3.05, 3.63) is 64.7 Å². The molecule has 0 amide bonds. The van der Waals surface area contributed by atoms with Crippen LogP contribution in [-0.2, 0) is 0 Å². The van der Waals surface area contributed by atoms with Gasteiger partial charge in [0.15, 0.2) is 5.75 Å². The molecule has 3 rings (SSSR count). The average molecular weight is 349 g/mol. The Morgan fingerprint density at radius 3 is 2.54 bits per heavy atom. The van der Waals surface area contributed by atoms with Gasteiger partial charge in [0.1, 0.15) is 5.82 Å². The molecule has 0 spiro atoms. The molecule has 1 aromatic heterocycles. The second-order valence-electron chi connectivity index (χ2n) is 5.20. The third-order valence-corrected chi connectivity index (χ3v) is 3.59. The molecule has 24 heavy (non-hydrogen) atoms. The fraction of sp³-hybridized carbons (Fsp3) is 0.167. The van der Waals surface area contributed by atoms with Crippen molar-refractivity contribution in [2.45, 2.75) is 6.42 Å². The molecule has 0 atom stereocenters. The molecule has 3 aromatic rings. The van der Waals surface area contributed by atoms with E-state index in [9.17, 15) is 9.18 Å². The molecule has 6 heteroatoms. The summed E-state index contributed by atoms with van der Waals surface area (Å²) in [5.74, 6) is 0.0858. The molecule has 0 saturated carbocycles. The van der Waals surface area contributed by atoms with Crippen LogP contribution in [-0.4, -0.2) is 18.1 Å². The number of aromatic nitrogens is 1. The smallest absolute Gasteiger partial charge is 0.256 e. The first kappa shape index (κ1) is 18.0. The van der Waals surface area contributed by atoms with Crippen LogP contribution in [0.4, 0.5) is 4.39 Å². The van der Waals surface area contributed by atoms with Gasteiger partial charge in [0.05, 0.1) is 17.7 Å². The maximum atomic E-state index is 13.5. The largest absolute Gasteiger partial charge is 0.491 e. The van der Waals surface area contributed by atoms with Crippen molar-refractivity contribution in [1.82, 2.24) is 4.98 Å². The standard InChI is InChI=1S/C18H17FN2O2.ClH/c19-13-7-8-14-15(11-13)18(22)21-16(12-5-2-1-3-6-12)17(14)23-10-4-9-20;/h1-3,5-8,11H,4,9-10,20H2,(H,21,22);1H. The summed E-state index contributed by atoms with van der Waals surface area (Å²) in [7, 11) is 0. The topological polar surface area (TPSA) is 68.1 Å². The van der Waals surface area contributed by atoms with Gasteiger partial charge in [-0.25, -0.2) is 4.39 Å². The Morgan fingerprint density at radius 1 is 1.08 bits per heavy atom. The van der Waals surface area contributed by atoms with E-state index in [1.165, 1.54) is 12.1 Å². The molecular weight excluding hydrogens is 331 g/mol. The molecule has 0 unspecified atom stereocenters. The van der Waals surface area contributed by atoms with Gasteiger partial charge in [-0.2, -0.15) is 0 Å². The summed E-state index contributed by atoms with van der Waals surface area (Å²) in [6, 6.07) is 13.5. The molecule has 2 aromatic carbocycles. The van der Waals surface area contributed by atoms with Crippen molar-refractivity contribution in [2.24, 2.45) is 5.73 Å². The second kappa shape index (κ2) is 7.95. The molecule has 0 radical (unpaired) electrons. The van der Waals surface area contributed by atoms with Gasteiger partial charge in [-0.1, -0.05) is 30.3 Å². The maximum absolute atomic E-state index is 13.5. The fourth-order valence-electron chi connectivity index (χ4n) is 2.49. The lowest BCUT2D eigenvalue weighted by Crippen LogP contribution is -2.12. The Labute approximate surface area is 144 Å². The molecule has 1 heterocycles. The van der Waals surface area contributed by atoms with Crippen molar-refractivity contribution in [2.75, 3.05) is 13.2 Å². The van der Waals surface area contributed by atoms with Crippen molar-refractivity contribution in [3.8, 4) is 17.0 Å². The minimum Gasteiger partial charge on any atom is -0.491 e. The van der Waals surface area contributed by atoms with E-state index in [1.807, 2.05) is 30.3 Å². The number of nitrogens with two attached hydrogens (primary N) is 1. The number of H-pyrrole nitrogens is 1. The number of halogens is 2. The minimum absolute atomic E-state index is 0. The SMILES string of the molecule is Cl.NCCCOc1c(-c2ccccc2)[nH]c(=O)c2cc(F)ccc12. The number of hydrogen-bond donors (Lipinski definition) is 2. The Balaban J connectivity index is 0.00000208. The van der Waals surface area contributed by atoms with E-state index in [1.54, 1.807) is 6.07 Å². The molecule has 0 saturated heterocycles. The lowest BCUT2D eigenvalue weighted by molar-refractivity contribution is 0.317. The zero-order chi connectivity index (χ0) is 16.2. The monoisotopic (exact) mass is 348 g/mol. The van der Waals surface area contributed by atoms with Crippen molar-refractivity contribution in [3.63, 3.8) is 0 Å². The van der Waals surface area contributed by atoms with Gasteiger partial charge in [0.2, 0.25) is 0 Å². The van der Waals surface area contributed by atoms with E-state index in [2.05, 4.69) is 4.98 Å². The summed E-state index contributed by atoms with van der Waals surface area (Å²) in [5.41, 5.74) is 6.59. The lowest BCUT2D eigenvalue weighted by Gasteiger charge is -2.14. The number of hydrogen-bond acceptors (Lipinski definition) is 3. The van der Waals surface area contributed by atoms with Crippen LogP contribution in [0.1, 0.15) is 6.42 Å². The summed E-state index contributed by atoms with van der Waals surface area (Å²) >= 11 is 0. The van der Waals surface area contributed by atoms with Crippen molar-refractivity contribution in [1.29, 1.82) is 0 Å². The molecule has 0 aliphatic carbocycles. The molecule has 0 fully saturated rings. The molecule has 126 valence electrons. The Hall–Kier alpha value is -2.37. The predicted molar refractivity (Wildman–Crippen MR) is 96.4 cm³/mol. The summed E-state index contributed by atoms with van der Waals surface area (Å²) in [6.45, 7) is 0.936. The number of ether oxygens (including phenoxy) is 1. The van der Waals surface area contributed by atoms with Crippen LogP contribution in [0.5, 0.6) is 5.75 Å². The average Bonchev–Trinajstić information content (AvgIpc) is 2.58. The van der Waals surface area contributed by atoms with E-state index in [0.29, 0.717) is 36.4 Å². The second-order valence-corrected chi connectivity index (χ2v) is 5.20. The Morgan fingerprint density at radius 2 is 1.83 bits per heavy atom. The number of aromatic amines is 1. The van der Waals surface area contributed by atoms with Crippen LogP contribution in [0.15, 0.2) is 53.3 Å². The molecule has 4 nitrogen and oxygen atoms in total. The van der Waals surface area contributed by atoms with E-state index in [0.717, 1.165) is 5.56 Å². The first-order valence-corrected chi connectivity index (χ1v) is 7.44. The highest BCUT2D eigenvalue weighted by Crippen LogP contribution is 2.33. The maximum Gasteiger partial charge on any atom is 0.256 e. The number of nitrogens with one attached hydrogen (secondary N) is 1. The van der Waals surface area contributed by atoms with E-state index in [4.69, 9.17) is 10.5 Å². The van der Waals surface area contributed by atoms with Gasteiger partial charge < -0.3 is 15.5 Å². The first-order chi connectivity index (χ1) is 11.2. The zero-order valence-corrected chi connectivity index (χ0v) is 13.7.